The molecule has 0 fully saturated rings. The molecule has 0 aliphatic heterocycles. The van der Waals surface area contributed by atoms with Crippen LogP contribution in [-0.2, 0) is 4.79 Å². The van der Waals surface area contributed by atoms with Crippen molar-refractivity contribution in [2.45, 2.75) is 32.2 Å². The summed E-state index contributed by atoms with van der Waals surface area (Å²) >= 11 is 3.28. The van der Waals surface area contributed by atoms with E-state index in [1.54, 1.807) is 18.2 Å². The normalized spacial score (nSPS) is 11.6. The molecule has 1 atom stereocenters. The van der Waals surface area contributed by atoms with Gasteiger partial charge in [-0.05, 0) is 24.6 Å². The number of hydrogen-bond acceptors (Lipinski definition) is 3. The molecule has 0 spiro atoms. The van der Waals surface area contributed by atoms with E-state index < -0.39 is 12.0 Å². The first-order chi connectivity index (χ1) is 8.58. The van der Waals surface area contributed by atoms with Crippen molar-refractivity contribution in [3.8, 4) is 6.07 Å². The fraction of sp³-hybridized carbons (Fsp3) is 0.385. The Labute approximate surface area is 115 Å². The van der Waals surface area contributed by atoms with Crippen LogP contribution in [-0.4, -0.2) is 17.1 Å². The number of carbonyl (C=O) groups is 1. The van der Waals surface area contributed by atoms with E-state index in [1.165, 1.54) is 0 Å². The topological polar surface area (TPSA) is 73.1 Å². The van der Waals surface area contributed by atoms with Gasteiger partial charge in [0.1, 0.15) is 12.1 Å². The number of nitrogens with zero attached hydrogens (tertiary/aromatic N) is 1. The number of rotatable bonds is 6. The second kappa shape index (κ2) is 7.02. The highest BCUT2D eigenvalue weighted by molar-refractivity contribution is 9.10. The Hall–Kier alpha value is -1.54. The van der Waals surface area contributed by atoms with Gasteiger partial charge in [-0.15, -0.1) is 0 Å². The first-order valence-electron chi connectivity index (χ1n) is 5.77. The number of anilines is 1. The predicted octanol–water partition coefficient (Wildman–Crippen LogP) is 3.38. The molecule has 5 heteroatoms. The number of carboxylic acids is 1. The molecule has 0 bridgehead atoms. The number of halogens is 1. The highest BCUT2D eigenvalue weighted by Crippen LogP contribution is 2.21. The minimum absolute atomic E-state index is 0.437. The van der Waals surface area contributed by atoms with Crippen molar-refractivity contribution in [2.24, 2.45) is 0 Å². The first kappa shape index (κ1) is 14.5. The zero-order valence-electron chi connectivity index (χ0n) is 10.1. The van der Waals surface area contributed by atoms with E-state index in [0.29, 0.717) is 17.7 Å². The Morgan fingerprint density at radius 3 is 2.89 bits per heavy atom. The molecule has 0 radical (unpaired) electrons. The molecule has 0 aliphatic carbocycles. The monoisotopic (exact) mass is 310 g/mol. The minimum atomic E-state index is -0.893. The van der Waals surface area contributed by atoms with Gasteiger partial charge in [-0.2, -0.15) is 5.26 Å². The van der Waals surface area contributed by atoms with Gasteiger partial charge in [0, 0.05) is 4.47 Å². The van der Waals surface area contributed by atoms with Gasteiger partial charge in [0.25, 0.3) is 0 Å². The van der Waals surface area contributed by atoms with E-state index >= 15 is 0 Å². The van der Waals surface area contributed by atoms with Crippen LogP contribution < -0.4 is 5.32 Å². The maximum Gasteiger partial charge on any atom is 0.326 e. The average Bonchev–Trinajstić information content (AvgIpc) is 2.35. The first-order valence-corrected chi connectivity index (χ1v) is 6.56. The Morgan fingerprint density at radius 2 is 2.33 bits per heavy atom. The second-order valence-corrected chi connectivity index (χ2v) is 4.89. The quantitative estimate of drug-likeness (QED) is 0.844. The van der Waals surface area contributed by atoms with Gasteiger partial charge < -0.3 is 10.4 Å². The van der Waals surface area contributed by atoms with Crippen LogP contribution in [0.5, 0.6) is 0 Å². The van der Waals surface area contributed by atoms with Crippen LogP contribution in [0.4, 0.5) is 5.69 Å². The third-order valence-electron chi connectivity index (χ3n) is 2.58. The van der Waals surface area contributed by atoms with Crippen molar-refractivity contribution in [3.63, 3.8) is 0 Å². The number of hydrogen-bond donors (Lipinski definition) is 2. The summed E-state index contributed by atoms with van der Waals surface area (Å²) in [6, 6.07) is 6.56. The summed E-state index contributed by atoms with van der Waals surface area (Å²) in [7, 11) is 0. The standard InChI is InChI=1S/C13H15BrN2O2/c1-2-3-4-12(13(17)18)16-11-6-5-10(14)7-9(11)8-15/h5-7,12,16H,2-4H2,1H3,(H,17,18). The van der Waals surface area contributed by atoms with Crippen LogP contribution in [0.25, 0.3) is 0 Å². The van der Waals surface area contributed by atoms with Gasteiger partial charge >= 0.3 is 5.97 Å². The lowest BCUT2D eigenvalue weighted by Crippen LogP contribution is -2.29. The molecule has 18 heavy (non-hydrogen) atoms. The molecule has 1 unspecified atom stereocenters. The average molecular weight is 311 g/mol. The molecule has 0 saturated heterocycles. The predicted molar refractivity (Wildman–Crippen MR) is 73.4 cm³/mol. The lowest BCUT2D eigenvalue weighted by atomic mass is 10.1. The minimum Gasteiger partial charge on any atom is -0.480 e. The van der Waals surface area contributed by atoms with Crippen LogP contribution in [0.1, 0.15) is 31.7 Å². The number of carboxylic acid groups (broad SMARTS) is 1. The number of aliphatic carboxylic acids is 1. The Morgan fingerprint density at radius 1 is 1.61 bits per heavy atom. The molecule has 1 aromatic carbocycles. The molecule has 96 valence electrons. The van der Waals surface area contributed by atoms with E-state index in [2.05, 4.69) is 27.3 Å². The van der Waals surface area contributed by atoms with Crippen LogP contribution in [0, 0.1) is 11.3 Å². The van der Waals surface area contributed by atoms with E-state index in [4.69, 9.17) is 10.4 Å². The van der Waals surface area contributed by atoms with Gasteiger partial charge in [-0.1, -0.05) is 35.7 Å². The maximum absolute atomic E-state index is 11.1. The van der Waals surface area contributed by atoms with Gasteiger partial charge in [0.2, 0.25) is 0 Å². The maximum atomic E-state index is 11.1. The van der Waals surface area contributed by atoms with Crippen molar-refractivity contribution in [2.75, 3.05) is 5.32 Å². The van der Waals surface area contributed by atoms with Gasteiger partial charge in [0.15, 0.2) is 0 Å². The van der Waals surface area contributed by atoms with Crippen LogP contribution in [0.2, 0.25) is 0 Å². The molecule has 0 aliphatic rings. The third-order valence-corrected chi connectivity index (χ3v) is 3.07. The zero-order chi connectivity index (χ0) is 13.5. The molecule has 2 N–H and O–H groups in total. The van der Waals surface area contributed by atoms with Crippen molar-refractivity contribution < 1.29 is 9.90 Å². The Kier molecular flexibility index (Phi) is 5.66. The highest BCUT2D eigenvalue weighted by atomic mass is 79.9. The number of unbranched alkanes of at least 4 members (excludes halogenated alkanes) is 1. The molecular formula is C13H15BrN2O2. The van der Waals surface area contributed by atoms with E-state index in [9.17, 15) is 4.79 Å². The summed E-state index contributed by atoms with van der Waals surface area (Å²) in [5, 5.41) is 21.1. The summed E-state index contributed by atoms with van der Waals surface area (Å²) < 4.78 is 0.796. The zero-order valence-corrected chi connectivity index (χ0v) is 11.7. The largest absolute Gasteiger partial charge is 0.480 e. The van der Waals surface area contributed by atoms with Crippen molar-refractivity contribution in [3.05, 3.63) is 28.2 Å². The second-order valence-electron chi connectivity index (χ2n) is 3.98. The van der Waals surface area contributed by atoms with E-state index in [-0.39, 0.29) is 0 Å². The molecule has 1 aromatic rings. The van der Waals surface area contributed by atoms with Crippen molar-refractivity contribution >= 4 is 27.6 Å². The lowest BCUT2D eigenvalue weighted by Gasteiger charge is -2.16. The molecular weight excluding hydrogens is 296 g/mol. The highest BCUT2D eigenvalue weighted by Gasteiger charge is 2.17. The SMILES string of the molecule is CCCCC(Nc1ccc(Br)cc1C#N)C(=O)O. The van der Waals surface area contributed by atoms with Gasteiger partial charge in [-0.25, -0.2) is 4.79 Å². The van der Waals surface area contributed by atoms with Crippen LogP contribution >= 0.6 is 15.9 Å². The summed E-state index contributed by atoms with van der Waals surface area (Å²) in [5.74, 6) is -0.893. The van der Waals surface area contributed by atoms with Crippen molar-refractivity contribution in [1.82, 2.24) is 0 Å². The van der Waals surface area contributed by atoms with Crippen LogP contribution in [0.3, 0.4) is 0 Å². The summed E-state index contributed by atoms with van der Waals surface area (Å²) in [5.41, 5.74) is 0.997. The lowest BCUT2D eigenvalue weighted by molar-refractivity contribution is -0.138. The summed E-state index contributed by atoms with van der Waals surface area (Å²) in [6.07, 6.45) is 2.33. The third kappa shape index (κ3) is 4.04. The molecule has 1 rings (SSSR count). The smallest absolute Gasteiger partial charge is 0.326 e. The molecule has 0 saturated carbocycles. The molecule has 0 aromatic heterocycles. The van der Waals surface area contributed by atoms with Crippen molar-refractivity contribution in [1.29, 1.82) is 5.26 Å². The Bertz CT molecular complexity index is 469. The van der Waals surface area contributed by atoms with Crippen LogP contribution in [0.15, 0.2) is 22.7 Å². The summed E-state index contributed by atoms with van der Waals surface area (Å²) in [6.45, 7) is 2.01. The Balaban J connectivity index is 2.87. The molecule has 0 amide bonds. The van der Waals surface area contributed by atoms with E-state index in [1.807, 2.05) is 6.92 Å². The molecule has 0 heterocycles. The van der Waals surface area contributed by atoms with E-state index in [0.717, 1.165) is 17.3 Å². The van der Waals surface area contributed by atoms with Gasteiger partial charge in [0.05, 0.1) is 11.3 Å². The fourth-order valence-electron chi connectivity index (χ4n) is 1.59. The van der Waals surface area contributed by atoms with Gasteiger partial charge in [-0.3, -0.25) is 0 Å². The number of nitrogens with one attached hydrogen (secondary N) is 1. The number of nitriles is 1. The number of benzene rings is 1. The fourth-order valence-corrected chi connectivity index (χ4v) is 1.95. The molecule has 4 nitrogen and oxygen atoms in total. The summed E-state index contributed by atoms with van der Waals surface area (Å²) in [4.78, 5) is 11.1.